The highest BCUT2D eigenvalue weighted by Gasteiger charge is 2.24. The molecule has 134 valence electrons. The first kappa shape index (κ1) is 18.4. The minimum atomic E-state index is -3.81. The average molecular weight is 377 g/mol. The van der Waals surface area contributed by atoms with E-state index in [4.69, 9.17) is 4.52 Å². The van der Waals surface area contributed by atoms with E-state index in [1.54, 1.807) is 20.8 Å². The predicted octanol–water partition coefficient (Wildman–Crippen LogP) is 0.0675. The van der Waals surface area contributed by atoms with Gasteiger partial charge in [-0.05, 0) is 20.8 Å². The Labute approximate surface area is 140 Å². The van der Waals surface area contributed by atoms with Gasteiger partial charge in [-0.3, -0.25) is 5.10 Å². The Morgan fingerprint density at radius 1 is 1.25 bits per heavy atom. The zero-order valence-electron chi connectivity index (χ0n) is 13.7. The standard InChI is InChI=1S/C12H19N5O5S2/c1-8-7-11(16-22-8)17(23(4,18)19)6-5-13-24(20,21)12-9(2)14-15-10(12)3/h7,13H,5-6H2,1-4H3,(H,14,15). The van der Waals surface area contributed by atoms with Gasteiger partial charge in [0.2, 0.25) is 20.0 Å². The molecular formula is C12H19N5O5S2. The highest BCUT2D eigenvalue weighted by molar-refractivity contribution is 7.92. The lowest BCUT2D eigenvalue weighted by atomic mass is 10.4. The Morgan fingerprint density at radius 2 is 1.92 bits per heavy atom. The molecule has 2 rings (SSSR count). The Hall–Kier alpha value is -1.92. The predicted molar refractivity (Wildman–Crippen MR) is 86.7 cm³/mol. The van der Waals surface area contributed by atoms with Crippen molar-refractivity contribution in [2.24, 2.45) is 0 Å². The van der Waals surface area contributed by atoms with Gasteiger partial charge in [0.1, 0.15) is 10.7 Å². The molecule has 24 heavy (non-hydrogen) atoms. The van der Waals surface area contributed by atoms with Crippen molar-refractivity contribution >= 4 is 25.9 Å². The third-order valence-electron chi connectivity index (χ3n) is 3.21. The Balaban J connectivity index is 2.14. The van der Waals surface area contributed by atoms with E-state index in [1.807, 2.05) is 0 Å². The maximum Gasteiger partial charge on any atom is 0.244 e. The van der Waals surface area contributed by atoms with E-state index in [1.165, 1.54) is 6.07 Å². The summed E-state index contributed by atoms with van der Waals surface area (Å²) in [5, 5.41) is 10.1. The van der Waals surface area contributed by atoms with Crippen molar-refractivity contribution in [3.8, 4) is 0 Å². The van der Waals surface area contributed by atoms with Crippen LogP contribution in [0.3, 0.4) is 0 Å². The van der Waals surface area contributed by atoms with Crippen LogP contribution in [-0.4, -0.2) is 51.5 Å². The summed E-state index contributed by atoms with van der Waals surface area (Å²) in [6, 6.07) is 1.46. The van der Waals surface area contributed by atoms with Crippen LogP contribution >= 0.6 is 0 Å². The monoisotopic (exact) mass is 377 g/mol. The Bertz CT molecular complexity index is 909. The number of nitrogens with one attached hydrogen (secondary N) is 2. The fourth-order valence-corrected chi connectivity index (χ4v) is 4.45. The zero-order chi connectivity index (χ0) is 18.1. The summed E-state index contributed by atoms with van der Waals surface area (Å²) in [7, 11) is -7.44. The summed E-state index contributed by atoms with van der Waals surface area (Å²) in [4.78, 5) is 0.0608. The van der Waals surface area contributed by atoms with Gasteiger partial charge in [-0.25, -0.2) is 25.9 Å². The molecule has 2 N–H and O–H groups in total. The molecule has 0 saturated carbocycles. The van der Waals surface area contributed by atoms with Gasteiger partial charge in [-0.15, -0.1) is 0 Å². The molecule has 0 amide bonds. The summed E-state index contributed by atoms with van der Waals surface area (Å²) in [6.45, 7) is 4.53. The van der Waals surface area contributed by atoms with E-state index in [-0.39, 0.29) is 23.8 Å². The van der Waals surface area contributed by atoms with Crippen LogP contribution in [0.1, 0.15) is 17.1 Å². The molecule has 0 aliphatic rings. The molecule has 0 aromatic carbocycles. The molecule has 12 heteroatoms. The van der Waals surface area contributed by atoms with Gasteiger partial charge in [0, 0.05) is 19.2 Å². The van der Waals surface area contributed by atoms with Crippen molar-refractivity contribution in [3.05, 3.63) is 23.2 Å². The second-order valence-corrected chi connectivity index (χ2v) is 8.90. The van der Waals surface area contributed by atoms with E-state index in [0.29, 0.717) is 17.1 Å². The Kier molecular flexibility index (Phi) is 5.01. The molecule has 2 aromatic heterocycles. The summed E-state index contributed by atoms with van der Waals surface area (Å²) < 4.78 is 56.7. The number of nitrogens with zero attached hydrogens (tertiary/aromatic N) is 3. The van der Waals surface area contributed by atoms with Gasteiger partial charge in [-0.1, -0.05) is 5.16 Å². The summed E-state index contributed by atoms with van der Waals surface area (Å²) >= 11 is 0. The first-order valence-electron chi connectivity index (χ1n) is 6.94. The fraction of sp³-hybridized carbons (Fsp3) is 0.500. The van der Waals surface area contributed by atoms with Crippen molar-refractivity contribution in [2.45, 2.75) is 25.7 Å². The lowest BCUT2D eigenvalue weighted by Gasteiger charge is -2.19. The molecule has 0 spiro atoms. The lowest BCUT2D eigenvalue weighted by molar-refractivity contribution is 0.398. The highest BCUT2D eigenvalue weighted by Crippen LogP contribution is 2.18. The van der Waals surface area contributed by atoms with Crippen LogP contribution in [-0.2, 0) is 20.0 Å². The molecule has 2 heterocycles. The average Bonchev–Trinajstić information content (AvgIpc) is 3.00. The van der Waals surface area contributed by atoms with Crippen molar-refractivity contribution in [1.29, 1.82) is 0 Å². The number of anilines is 1. The molecule has 0 bridgehead atoms. The van der Waals surface area contributed by atoms with Gasteiger partial charge in [-0.2, -0.15) is 5.10 Å². The van der Waals surface area contributed by atoms with E-state index in [9.17, 15) is 16.8 Å². The first-order chi connectivity index (χ1) is 11.0. The van der Waals surface area contributed by atoms with Crippen LogP contribution < -0.4 is 9.03 Å². The summed E-state index contributed by atoms with van der Waals surface area (Å²) in [5.41, 5.74) is 0.749. The number of hydrogen-bond donors (Lipinski definition) is 2. The SMILES string of the molecule is Cc1cc(N(CCNS(=O)(=O)c2c(C)n[nH]c2C)S(C)(=O)=O)no1. The van der Waals surface area contributed by atoms with Gasteiger partial charge >= 0.3 is 0 Å². The first-order valence-corrected chi connectivity index (χ1v) is 10.3. The largest absolute Gasteiger partial charge is 0.360 e. The minimum absolute atomic E-state index is 0.0608. The number of hydrogen-bond acceptors (Lipinski definition) is 7. The molecule has 0 aliphatic heterocycles. The molecular weight excluding hydrogens is 358 g/mol. The molecule has 2 aromatic rings. The quantitative estimate of drug-likeness (QED) is 0.696. The molecule has 0 radical (unpaired) electrons. The number of rotatable bonds is 7. The van der Waals surface area contributed by atoms with Crippen LogP contribution in [0.25, 0.3) is 0 Å². The number of H-pyrrole nitrogens is 1. The second kappa shape index (κ2) is 6.53. The molecule has 0 unspecified atom stereocenters. The van der Waals surface area contributed by atoms with Crippen molar-refractivity contribution in [2.75, 3.05) is 23.7 Å². The zero-order valence-corrected chi connectivity index (χ0v) is 15.3. The van der Waals surface area contributed by atoms with Crippen LogP contribution in [0.2, 0.25) is 0 Å². The maximum absolute atomic E-state index is 12.3. The molecule has 0 fully saturated rings. The molecule has 0 aliphatic carbocycles. The second-order valence-electron chi connectivity index (χ2n) is 5.29. The summed E-state index contributed by atoms with van der Waals surface area (Å²) in [6.07, 6.45) is 1.01. The van der Waals surface area contributed by atoms with Crippen molar-refractivity contribution in [1.82, 2.24) is 20.1 Å². The number of aryl methyl sites for hydroxylation is 3. The third-order valence-corrected chi connectivity index (χ3v) is 6.10. The number of aromatic amines is 1. The van der Waals surface area contributed by atoms with Crippen molar-refractivity contribution < 1.29 is 21.4 Å². The van der Waals surface area contributed by atoms with Crippen LogP contribution in [0.4, 0.5) is 5.82 Å². The van der Waals surface area contributed by atoms with Crippen LogP contribution in [0.5, 0.6) is 0 Å². The molecule has 0 saturated heterocycles. The normalized spacial score (nSPS) is 12.5. The van der Waals surface area contributed by atoms with Gasteiger partial charge in [0.05, 0.1) is 17.6 Å². The van der Waals surface area contributed by atoms with E-state index < -0.39 is 20.0 Å². The van der Waals surface area contributed by atoms with Gasteiger partial charge in [0.25, 0.3) is 0 Å². The lowest BCUT2D eigenvalue weighted by Crippen LogP contribution is -2.38. The smallest absolute Gasteiger partial charge is 0.244 e. The number of sulfonamides is 2. The van der Waals surface area contributed by atoms with E-state index >= 15 is 0 Å². The Morgan fingerprint density at radius 3 is 2.38 bits per heavy atom. The van der Waals surface area contributed by atoms with E-state index in [0.717, 1.165) is 10.6 Å². The highest BCUT2D eigenvalue weighted by atomic mass is 32.2. The summed E-state index contributed by atoms with van der Waals surface area (Å²) in [5.74, 6) is 0.550. The van der Waals surface area contributed by atoms with E-state index in [2.05, 4.69) is 20.1 Å². The van der Waals surface area contributed by atoms with Crippen LogP contribution in [0, 0.1) is 20.8 Å². The van der Waals surface area contributed by atoms with Crippen LogP contribution in [0.15, 0.2) is 15.5 Å². The number of aromatic nitrogens is 3. The van der Waals surface area contributed by atoms with Gasteiger partial charge in [0.15, 0.2) is 5.82 Å². The third kappa shape index (κ3) is 3.94. The maximum atomic E-state index is 12.3. The fourth-order valence-electron chi connectivity index (χ4n) is 2.21. The molecule has 0 atom stereocenters. The molecule has 10 nitrogen and oxygen atoms in total. The van der Waals surface area contributed by atoms with Crippen molar-refractivity contribution in [3.63, 3.8) is 0 Å². The minimum Gasteiger partial charge on any atom is -0.360 e. The topological polar surface area (TPSA) is 138 Å². The van der Waals surface area contributed by atoms with Gasteiger partial charge < -0.3 is 4.52 Å².